The van der Waals surface area contributed by atoms with Gasteiger partial charge in [0.05, 0.1) is 5.02 Å². The number of hydrogen-bond acceptors (Lipinski definition) is 1. The molecule has 0 saturated heterocycles. The van der Waals surface area contributed by atoms with E-state index < -0.39 is 11.6 Å². The first-order valence-corrected chi connectivity index (χ1v) is 5.98. The molecule has 0 aliphatic heterocycles. The second-order valence-corrected chi connectivity index (χ2v) is 4.25. The Hall–Kier alpha value is -1.32. The minimum Gasteiger partial charge on any atom is -0.454 e. The number of alkyl halides is 1. The van der Waals surface area contributed by atoms with Crippen LogP contribution < -0.4 is 4.74 Å². The largest absolute Gasteiger partial charge is 0.454 e. The molecule has 0 aromatic heterocycles. The molecule has 0 aliphatic rings. The number of benzene rings is 2. The van der Waals surface area contributed by atoms with Crippen LogP contribution in [0.1, 0.15) is 5.56 Å². The summed E-state index contributed by atoms with van der Waals surface area (Å²) in [6.07, 6.45) is 0. The zero-order valence-electron chi connectivity index (χ0n) is 9.09. The highest BCUT2D eigenvalue weighted by atomic mass is 35.5. The van der Waals surface area contributed by atoms with Crippen LogP contribution in [0.4, 0.5) is 8.78 Å². The first kappa shape index (κ1) is 13.1. The molecule has 5 heteroatoms. The van der Waals surface area contributed by atoms with Crippen LogP contribution in [0.25, 0.3) is 0 Å². The molecule has 0 atom stereocenters. The Bertz CT molecular complexity index is 573. The molecule has 0 aliphatic carbocycles. The van der Waals surface area contributed by atoms with E-state index in [0.29, 0.717) is 5.56 Å². The molecule has 94 valence electrons. The van der Waals surface area contributed by atoms with Gasteiger partial charge in [0, 0.05) is 11.9 Å². The molecular weight excluding hydrogens is 281 g/mol. The maximum absolute atomic E-state index is 13.6. The zero-order chi connectivity index (χ0) is 13.1. The van der Waals surface area contributed by atoms with Crippen LogP contribution in [0.5, 0.6) is 11.5 Å². The quantitative estimate of drug-likeness (QED) is 0.710. The molecule has 0 spiro atoms. The Morgan fingerprint density at radius 1 is 1.00 bits per heavy atom. The van der Waals surface area contributed by atoms with E-state index in [4.69, 9.17) is 27.9 Å². The van der Waals surface area contributed by atoms with Crippen LogP contribution in [-0.2, 0) is 5.88 Å². The fourth-order valence-corrected chi connectivity index (χ4v) is 1.71. The highest BCUT2D eigenvalue weighted by Gasteiger charge is 2.07. The zero-order valence-corrected chi connectivity index (χ0v) is 10.6. The van der Waals surface area contributed by atoms with Crippen LogP contribution in [0.2, 0.25) is 5.02 Å². The summed E-state index contributed by atoms with van der Waals surface area (Å²) in [5.41, 5.74) is 0.652. The summed E-state index contributed by atoms with van der Waals surface area (Å²) in [6, 6.07) is 8.21. The first-order chi connectivity index (χ1) is 8.60. The van der Waals surface area contributed by atoms with Gasteiger partial charge in [-0.3, -0.25) is 0 Å². The minimum atomic E-state index is -0.554. The Morgan fingerprint density at radius 3 is 2.39 bits per heavy atom. The van der Waals surface area contributed by atoms with Crippen LogP contribution in [0, 0.1) is 11.6 Å². The van der Waals surface area contributed by atoms with Crippen LogP contribution in [-0.4, -0.2) is 0 Å². The molecule has 0 bridgehead atoms. The van der Waals surface area contributed by atoms with Crippen LogP contribution in [0.15, 0.2) is 36.4 Å². The van der Waals surface area contributed by atoms with Crippen LogP contribution in [0.3, 0.4) is 0 Å². The molecule has 1 nitrogen and oxygen atoms in total. The number of ether oxygens (including phenoxy) is 1. The molecule has 0 amide bonds. The summed E-state index contributed by atoms with van der Waals surface area (Å²) in [5.74, 6) is -0.569. The summed E-state index contributed by atoms with van der Waals surface area (Å²) < 4.78 is 31.8. The molecule has 0 saturated carbocycles. The summed E-state index contributed by atoms with van der Waals surface area (Å²) in [6.45, 7) is 0. The highest BCUT2D eigenvalue weighted by Crippen LogP contribution is 2.28. The second-order valence-electron chi connectivity index (χ2n) is 3.58. The molecule has 0 fully saturated rings. The lowest BCUT2D eigenvalue weighted by Crippen LogP contribution is -1.90. The maximum Gasteiger partial charge on any atom is 0.166 e. The molecule has 0 heterocycles. The maximum atomic E-state index is 13.6. The van der Waals surface area contributed by atoms with Gasteiger partial charge in [0.25, 0.3) is 0 Å². The Kier molecular flexibility index (Phi) is 4.04. The lowest BCUT2D eigenvalue weighted by atomic mass is 10.2. The van der Waals surface area contributed by atoms with Gasteiger partial charge in [-0.1, -0.05) is 17.7 Å². The third-order valence-electron chi connectivity index (χ3n) is 2.27. The van der Waals surface area contributed by atoms with Crippen LogP contribution >= 0.6 is 23.2 Å². The van der Waals surface area contributed by atoms with Crippen molar-refractivity contribution in [3.63, 3.8) is 0 Å². The van der Waals surface area contributed by atoms with Gasteiger partial charge >= 0.3 is 0 Å². The van der Waals surface area contributed by atoms with Gasteiger partial charge in [-0.05, 0) is 29.8 Å². The third-order valence-corrected chi connectivity index (χ3v) is 2.87. The predicted molar refractivity (Wildman–Crippen MR) is 67.4 cm³/mol. The van der Waals surface area contributed by atoms with Crippen molar-refractivity contribution in [1.29, 1.82) is 0 Å². The van der Waals surface area contributed by atoms with Gasteiger partial charge in [-0.25, -0.2) is 8.78 Å². The van der Waals surface area contributed by atoms with Crippen molar-refractivity contribution in [2.45, 2.75) is 5.88 Å². The van der Waals surface area contributed by atoms with Crippen molar-refractivity contribution >= 4 is 23.2 Å². The molecule has 0 unspecified atom stereocenters. The van der Waals surface area contributed by atoms with Gasteiger partial charge in [0.15, 0.2) is 11.6 Å². The lowest BCUT2D eigenvalue weighted by Gasteiger charge is -2.08. The summed E-state index contributed by atoms with van der Waals surface area (Å²) in [5, 5.41) is -0.0784. The average Bonchev–Trinajstić information content (AvgIpc) is 2.36. The van der Waals surface area contributed by atoms with E-state index in [-0.39, 0.29) is 22.4 Å². The van der Waals surface area contributed by atoms with E-state index in [9.17, 15) is 8.78 Å². The van der Waals surface area contributed by atoms with Gasteiger partial charge in [0.1, 0.15) is 11.6 Å². The van der Waals surface area contributed by atoms with Crippen molar-refractivity contribution in [2.24, 2.45) is 0 Å². The van der Waals surface area contributed by atoms with Crippen molar-refractivity contribution in [3.8, 4) is 11.5 Å². The molecule has 18 heavy (non-hydrogen) atoms. The fourth-order valence-electron chi connectivity index (χ4n) is 1.38. The SMILES string of the molecule is Fc1ccc(Oc2ccc(CCl)cc2F)cc1Cl. The van der Waals surface area contributed by atoms with E-state index in [0.717, 1.165) is 6.07 Å². The van der Waals surface area contributed by atoms with E-state index >= 15 is 0 Å². The number of hydrogen-bond donors (Lipinski definition) is 0. The topological polar surface area (TPSA) is 9.23 Å². The fraction of sp³-hybridized carbons (Fsp3) is 0.0769. The second kappa shape index (κ2) is 5.55. The van der Waals surface area contributed by atoms with E-state index in [2.05, 4.69) is 0 Å². The Balaban J connectivity index is 2.25. The van der Waals surface area contributed by atoms with Gasteiger partial charge in [0.2, 0.25) is 0 Å². The van der Waals surface area contributed by atoms with Crippen molar-refractivity contribution in [3.05, 3.63) is 58.6 Å². The van der Waals surface area contributed by atoms with Crippen molar-refractivity contribution in [2.75, 3.05) is 0 Å². The summed E-state index contributed by atoms with van der Waals surface area (Å²) >= 11 is 11.2. The molecular formula is C13H8Cl2F2O. The Morgan fingerprint density at radius 2 is 1.78 bits per heavy atom. The van der Waals surface area contributed by atoms with Crippen molar-refractivity contribution in [1.82, 2.24) is 0 Å². The summed E-state index contributed by atoms with van der Waals surface area (Å²) in [7, 11) is 0. The van der Waals surface area contributed by atoms with E-state index in [1.54, 1.807) is 6.07 Å². The summed E-state index contributed by atoms with van der Waals surface area (Å²) in [4.78, 5) is 0. The number of rotatable bonds is 3. The average molecular weight is 289 g/mol. The third kappa shape index (κ3) is 2.92. The molecule has 0 N–H and O–H groups in total. The molecule has 2 rings (SSSR count). The highest BCUT2D eigenvalue weighted by molar-refractivity contribution is 6.30. The standard InChI is InChI=1S/C13H8Cl2F2O/c14-7-8-1-4-13(12(17)5-8)18-9-2-3-11(16)10(15)6-9/h1-6H,7H2. The molecule has 2 aromatic carbocycles. The minimum absolute atomic E-state index is 0.0338. The molecule has 0 radical (unpaired) electrons. The smallest absolute Gasteiger partial charge is 0.166 e. The lowest BCUT2D eigenvalue weighted by molar-refractivity contribution is 0.441. The van der Waals surface area contributed by atoms with E-state index in [1.807, 2.05) is 0 Å². The van der Waals surface area contributed by atoms with Gasteiger partial charge in [-0.2, -0.15) is 0 Å². The Labute approximate surface area is 113 Å². The predicted octanol–water partition coefficient (Wildman–Crippen LogP) is 5.15. The van der Waals surface area contributed by atoms with Crippen molar-refractivity contribution < 1.29 is 13.5 Å². The van der Waals surface area contributed by atoms with E-state index in [1.165, 1.54) is 24.3 Å². The first-order valence-electron chi connectivity index (χ1n) is 5.07. The number of halogens is 4. The van der Waals surface area contributed by atoms with Gasteiger partial charge in [-0.15, -0.1) is 11.6 Å². The monoisotopic (exact) mass is 288 g/mol. The molecule has 2 aromatic rings. The normalized spacial score (nSPS) is 10.4. The van der Waals surface area contributed by atoms with Gasteiger partial charge < -0.3 is 4.74 Å².